The molecule has 0 spiro atoms. The van der Waals surface area contributed by atoms with Gasteiger partial charge in [-0.3, -0.25) is 9.59 Å². The highest BCUT2D eigenvalue weighted by Gasteiger charge is 2.45. The Morgan fingerprint density at radius 3 is 2.00 bits per heavy atom. The molecule has 16 heteroatoms. The lowest BCUT2D eigenvalue weighted by molar-refractivity contribution is -0.135. The van der Waals surface area contributed by atoms with Crippen LogP contribution in [0.5, 0.6) is 0 Å². The van der Waals surface area contributed by atoms with E-state index in [0.717, 1.165) is 12.0 Å². The molecule has 0 saturated carbocycles. The van der Waals surface area contributed by atoms with Crippen LogP contribution in [0.3, 0.4) is 0 Å². The van der Waals surface area contributed by atoms with E-state index in [9.17, 15) is 19.2 Å². The molecule has 9 rings (SSSR count). The monoisotopic (exact) mass is 870 g/mol. The minimum absolute atomic E-state index is 0.0955. The van der Waals surface area contributed by atoms with Gasteiger partial charge in [0, 0.05) is 29.8 Å². The van der Waals surface area contributed by atoms with Gasteiger partial charge in [0.15, 0.2) is 0 Å². The second-order valence-corrected chi connectivity index (χ2v) is 16.8. The first-order chi connectivity index (χ1) is 30.9. The lowest BCUT2D eigenvalue weighted by Crippen LogP contribution is -2.51. The average Bonchev–Trinajstić information content (AvgIpc) is 4.17. The lowest BCUT2D eigenvalue weighted by Gasteiger charge is -2.29. The van der Waals surface area contributed by atoms with E-state index in [1.165, 1.54) is 20.3 Å². The first-order valence-electron chi connectivity index (χ1n) is 21.4. The smallest absolute Gasteiger partial charge is 0.407 e. The molecule has 0 bridgehead atoms. The zero-order valence-corrected chi connectivity index (χ0v) is 35.8. The van der Waals surface area contributed by atoms with E-state index < -0.39 is 36.2 Å². The molecule has 4 aromatic carbocycles. The van der Waals surface area contributed by atoms with Gasteiger partial charge in [-0.05, 0) is 83.7 Å². The number of nitrogens with zero attached hydrogens (tertiary/aromatic N) is 4. The third-order valence-corrected chi connectivity index (χ3v) is 12.7. The molecular weight excluding hydrogens is 823 g/mol. The third kappa shape index (κ3) is 7.60. The van der Waals surface area contributed by atoms with Crippen molar-refractivity contribution in [3.8, 4) is 33.5 Å². The second kappa shape index (κ2) is 16.9. The predicted octanol–water partition coefficient (Wildman–Crippen LogP) is 8.55. The molecule has 64 heavy (non-hydrogen) atoms. The number of fused-ring (bicyclic) bond motifs is 4. The van der Waals surface area contributed by atoms with Crippen LogP contribution in [0.1, 0.15) is 86.0 Å². The summed E-state index contributed by atoms with van der Waals surface area (Å²) in [6.45, 7) is 4.70. The number of alkyl halides is 2. The number of amides is 4. The average molecular weight is 871 g/mol. The molecule has 4 amide bonds. The summed E-state index contributed by atoms with van der Waals surface area (Å²) >= 11 is 0. The van der Waals surface area contributed by atoms with Crippen molar-refractivity contribution in [1.82, 2.24) is 40.4 Å². The molecule has 1 aliphatic carbocycles. The minimum Gasteiger partial charge on any atom is -0.453 e. The van der Waals surface area contributed by atoms with Crippen LogP contribution < -0.4 is 10.6 Å². The maximum atomic E-state index is 16.6. The van der Waals surface area contributed by atoms with Gasteiger partial charge < -0.3 is 39.9 Å². The van der Waals surface area contributed by atoms with E-state index in [4.69, 9.17) is 14.5 Å². The summed E-state index contributed by atoms with van der Waals surface area (Å²) in [5, 5.41) is 5.34. The number of ether oxygens (including phenoxy) is 2. The molecule has 3 aliphatic rings. The van der Waals surface area contributed by atoms with Crippen LogP contribution in [0.2, 0.25) is 0 Å². The molecular formula is C48H48F2N8O6. The van der Waals surface area contributed by atoms with Gasteiger partial charge in [0.1, 0.15) is 23.7 Å². The Morgan fingerprint density at radius 2 is 1.33 bits per heavy atom. The topological polar surface area (TPSA) is 175 Å². The molecule has 0 radical (unpaired) electrons. The molecule has 4 atom stereocenters. The number of carbonyl (C=O) groups is 4. The van der Waals surface area contributed by atoms with Crippen LogP contribution in [-0.2, 0) is 25.0 Å². The number of rotatable bonds is 10. The van der Waals surface area contributed by atoms with E-state index in [1.807, 2.05) is 44.2 Å². The maximum absolute atomic E-state index is 16.6. The normalized spacial score (nSPS) is 18.4. The molecule has 6 aromatic rings. The number of halogens is 2. The number of likely N-dealkylation sites (tertiary alicyclic amines) is 2. The number of carbonyl (C=O) groups excluding carboxylic acids is 4. The number of alkyl carbamates (subject to hydrolysis) is 2. The fourth-order valence-electron chi connectivity index (χ4n) is 9.37. The SMILES string of the molecule is COC(=O)N[C@H](C(=O)N1CCCC1c1nc2ccc(-c3ccc4c(c3)C(F)(F)c3cc(-c5cnc(C6CCCN6C(=O)[C@H](NC(=O)OC)c6ccccc6)[nH]5)ccc3-4)cc2[nH]1)C(C)C. The lowest BCUT2D eigenvalue weighted by atomic mass is 9.98. The summed E-state index contributed by atoms with van der Waals surface area (Å²) in [5.41, 5.74) is 5.07. The Bertz CT molecular complexity index is 2770. The molecule has 2 aliphatic heterocycles. The molecule has 2 aromatic heterocycles. The Labute approximate surface area is 367 Å². The van der Waals surface area contributed by atoms with Crippen molar-refractivity contribution < 1.29 is 37.4 Å². The molecule has 4 heterocycles. The highest BCUT2D eigenvalue weighted by Crippen LogP contribution is 2.53. The van der Waals surface area contributed by atoms with E-state index in [2.05, 4.69) is 25.6 Å². The number of benzene rings is 4. The number of H-pyrrole nitrogens is 2. The third-order valence-electron chi connectivity index (χ3n) is 12.7. The fourth-order valence-corrected chi connectivity index (χ4v) is 9.37. The minimum atomic E-state index is -3.30. The first kappa shape index (κ1) is 42.2. The predicted molar refractivity (Wildman–Crippen MR) is 234 cm³/mol. The van der Waals surface area contributed by atoms with Crippen molar-refractivity contribution >= 4 is 35.0 Å². The van der Waals surface area contributed by atoms with Crippen molar-refractivity contribution in [3.05, 3.63) is 119 Å². The highest BCUT2D eigenvalue weighted by molar-refractivity contribution is 5.89. The van der Waals surface area contributed by atoms with Gasteiger partial charge in [0.25, 0.3) is 11.8 Å². The Balaban J connectivity index is 0.938. The molecule has 4 N–H and O–H groups in total. The van der Waals surface area contributed by atoms with Crippen LogP contribution >= 0.6 is 0 Å². The van der Waals surface area contributed by atoms with Gasteiger partial charge in [-0.1, -0.05) is 74.5 Å². The summed E-state index contributed by atoms with van der Waals surface area (Å²) < 4.78 is 42.7. The van der Waals surface area contributed by atoms with Gasteiger partial charge in [0.2, 0.25) is 5.91 Å². The zero-order chi connectivity index (χ0) is 44.9. The Hall–Kier alpha value is -7.10. The molecule has 2 unspecified atom stereocenters. The summed E-state index contributed by atoms with van der Waals surface area (Å²) in [7, 11) is 2.50. The molecule has 2 saturated heterocycles. The van der Waals surface area contributed by atoms with Crippen LogP contribution in [0.15, 0.2) is 91.1 Å². The fraction of sp³-hybridized carbons (Fsp3) is 0.333. The number of nitrogens with one attached hydrogen (secondary N) is 4. The summed E-state index contributed by atoms with van der Waals surface area (Å²) in [6, 6.07) is 22.2. The van der Waals surface area contributed by atoms with Crippen molar-refractivity contribution in [1.29, 1.82) is 0 Å². The zero-order valence-electron chi connectivity index (χ0n) is 35.8. The van der Waals surface area contributed by atoms with E-state index >= 15 is 8.78 Å². The highest BCUT2D eigenvalue weighted by atomic mass is 19.3. The largest absolute Gasteiger partial charge is 0.453 e. The van der Waals surface area contributed by atoms with Gasteiger partial charge in [-0.15, -0.1) is 0 Å². The number of imidazole rings is 2. The van der Waals surface area contributed by atoms with Crippen molar-refractivity contribution in [3.63, 3.8) is 0 Å². The van der Waals surface area contributed by atoms with E-state index in [1.54, 1.807) is 64.5 Å². The van der Waals surface area contributed by atoms with Crippen molar-refractivity contribution in [2.75, 3.05) is 27.3 Å². The van der Waals surface area contributed by atoms with Crippen LogP contribution in [-0.4, -0.2) is 87.1 Å². The van der Waals surface area contributed by atoms with Crippen molar-refractivity contribution in [2.45, 2.75) is 69.6 Å². The van der Waals surface area contributed by atoms with Crippen molar-refractivity contribution in [2.24, 2.45) is 5.92 Å². The standard InChI is InChI=1S/C48H48F2N8O6/c1-26(2)40(55-46(61)63-3)44(59)58-21-9-13-39(58)43-52-35-19-16-29(24-36(35)53-43)28-14-17-31-32-18-15-30(23-34(32)48(49,50)33(31)22-28)37-25-51-42(54-37)38-12-8-20-57(38)45(60)41(56-47(62)64-4)27-10-6-5-7-11-27/h5-7,10-11,14-19,22-26,38-41H,8-9,12-13,20-21H2,1-4H3,(H,51,54)(H,52,53)(H,55,61)(H,56,62)/t38?,39?,40-,41+/m0/s1. The summed E-state index contributed by atoms with van der Waals surface area (Å²) in [5.74, 6) is -2.84. The van der Waals surface area contributed by atoms with Gasteiger partial charge in [-0.2, -0.15) is 8.78 Å². The first-order valence-corrected chi connectivity index (χ1v) is 21.4. The number of hydrogen-bond acceptors (Lipinski definition) is 8. The second-order valence-electron chi connectivity index (χ2n) is 16.8. The number of methoxy groups -OCH3 is 2. The Morgan fingerprint density at radius 1 is 0.734 bits per heavy atom. The number of aromatic nitrogens is 4. The molecule has 330 valence electrons. The van der Waals surface area contributed by atoms with Crippen LogP contribution in [0.25, 0.3) is 44.5 Å². The molecule has 14 nitrogen and oxygen atoms in total. The van der Waals surface area contributed by atoms with Crippen LogP contribution in [0, 0.1) is 5.92 Å². The maximum Gasteiger partial charge on any atom is 0.407 e. The van der Waals surface area contributed by atoms with E-state index in [-0.39, 0.29) is 34.9 Å². The summed E-state index contributed by atoms with van der Waals surface area (Å²) in [6.07, 6.45) is 3.01. The number of hydrogen-bond donors (Lipinski definition) is 4. The van der Waals surface area contributed by atoms with Gasteiger partial charge in [0.05, 0.1) is 49.2 Å². The number of aromatic amines is 2. The van der Waals surface area contributed by atoms with E-state index in [0.29, 0.717) is 88.5 Å². The summed E-state index contributed by atoms with van der Waals surface area (Å²) in [4.78, 5) is 71.6. The Kier molecular flexibility index (Phi) is 11.1. The molecule has 2 fully saturated rings. The van der Waals surface area contributed by atoms with Gasteiger partial charge in [-0.25, -0.2) is 19.6 Å². The van der Waals surface area contributed by atoms with Gasteiger partial charge >= 0.3 is 12.2 Å². The van der Waals surface area contributed by atoms with Crippen LogP contribution in [0.4, 0.5) is 18.4 Å². The quantitative estimate of drug-likeness (QED) is 0.106.